The Labute approximate surface area is 149 Å². The minimum atomic E-state index is -0.261. The molecule has 1 aliphatic rings. The highest BCUT2D eigenvalue weighted by molar-refractivity contribution is 6.02. The van der Waals surface area contributed by atoms with Crippen LogP contribution in [0.2, 0.25) is 0 Å². The molecule has 0 bridgehead atoms. The highest BCUT2D eigenvalue weighted by Crippen LogP contribution is 2.32. The fourth-order valence-electron chi connectivity index (χ4n) is 2.88. The van der Waals surface area contributed by atoms with Crippen LogP contribution in [-0.2, 0) is 16.1 Å². The molecule has 132 valence electrons. The number of hydrogen-bond acceptors (Lipinski definition) is 5. The number of rotatable bonds is 4. The zero-order valence-corrected chi connectivity index (χ0v) is 14.2. The van der Waals surface area contributed by atoms with Crippen LogP contribution in [0, 0.1) is 6.92 Å². The van der Waals surface area contributed by atoms with Crippen LogP contribution in [0.5, 0.6) is 5.75 Å². The summed E-state index contributed by atoms with van der Waals surface area (Å²) < 4.78 is 7.07. The molecule has 1 aromatic carbocycles. The first-order valence-corrected chi connectivity index (χ1v) is 8.19. The quantitative estimate of drug-likeness (QED) is 0.760. The number of nitrogens with one attached hydrogen (secondary N) is 1. The van der Waals surface area contributed by atoms with Crippen LogP contribution in [0.1, 0.15) is 11.1 Å². The lowest BCUT2D eigenvalue weighted by atomic mass is 10.1. The van der Waals surface area contributed by atoms with E-state index in [2.05, 4.69) is 15.4 Å². The Morgan fingerprint density at radius 1 is 1.38 bits per heavy atom. The zero-order valence-electron chi connectivity index (χ0n) is 14.2. The predicted octanol–water partition coefficient (Wildman–Crippen LogP) is 1.08. The largest absolute Gasteiger partial charge is 0.482 e. The molecular formula is C18H17N5O3. The van der Waals surface area contributed by atoms with Gasteiger partial charge in [0.2, 0.25) is 5.91 Å². The summed E-state index contributed by atoms with van der Waals surface area (Å²) >= 11 is 0. The van der Waals surface area contributed by atoms with Gasteiger partial charge in [0.25, 0.3) is 5.91 Å². The maximum atomic E-state index is 12.4. The van der Waals surface area contributed by atoms with Gasteiger partial charge in [-0.1, -0.05) is 6.07 Å². The SMILES string of the molecule is Cc1ccc2c(c1)N(CC(=O)NCc1cnn3cccnc13)C(=O)CO2. The molecule has 4 rings (SSSR count). The van der Waals surface area contributed by atoms with Crippen molar-refractivity contribution in [1.82, 2.24) is 19.9 Å². The van der Waals surface area contributed by atoms with Crippen molar-refractivity contribution in [2.75, 3.05) is 18.1 Å². The second-order valence-corrected chi connectivity index (χ2v) is 6.07. The maximum absolute atomic E-state index is 12.4. The standard InChI is InChI=1S/C18H17N5O3/c1-12-3-4-15-14(7-12)22(17(25)11-26-15)10-16(24)20-8-13-9-21-23-6-2-5-19-18(13)23/h2-7,9H,8,10-11H2,1H3,(H,20,24). The molecule has 26 heavy (non-hydrogen) atoms. The van der Waals surface area contributed by atoms with Crippen molar-refractivity contribution in [2.45, 2.75) is 13.5 Å². The van der Waals surface area contributed by atoms with E-state index in [1.165, 1.54) is 4.90 Å². The fourth-order valence-corrected chi connectivity index (χ4v) is 2.88. The molecule has 3 aromatic rings. The first-order chi connectivity index (χ1) is 12.6. The Morgan fingerprint density at radius 3 is 3.15 bits per heavy atom. The van der Waals surface area contributed by atoms with Gasteiger partial charge in [-0.3, -0.25) is 14.5 Å². The minimum Gasteiger partial charge on any atom is -0.482 e. The Hall–Kier alpha value is -3.42. The molecule has 0 fully saturated rings. The van der Waals surface area contributed by atoms with Gasteiger partial charge in [-0.15, -0.1) is 0 Å². The second-order valence-electron chi connectivity index (χ2n) is 6.07. The van der Waals surface area contributed by atoms with Gasteiger partial charge in [0.15, 0.2) is 12.3 Å². The van der Waals surface area contributed by atoms with Gasteiger partial charge in [-0.2, -0.15) is 5.10 Å². The molecule has 1 aliphatic heterocycles. The highest BCUT2D eigenvalue weighted by atomic mass is 16.5. The molecule has 0 radical (unpaired) electrons. The molecule has 3 heterocycles. The Kier molecular flexibility index (Phi) is 4.00. The van der Waals surface area contributed by atoms with Crippen molar-refractivity contribution < 1.29 is 14.3 Å². The summed E-state index contributed by atoms with van der Waals surface area (Å²) in [5.74, 6) is 0.105. The number of anilines is 1. The predicted molar refractivity (Wildman–Crippen MR) is 93.9 cm³/mol. The van der Waals surface area contributed by atoms with Crippen molar-refractivity contribution in [2.24, 2.45) is 0 Å². The van der Waals surface area contributed by atoms with Crippen molar-refractivity contribution in [3.63, 3.8) is 0 Å². The fraction of sp³-hybridized carbons (Fsp3) is 0.222. The van der Waals surface area contributed by atoms with Gasteiger partial charge in [0.05, 0.1) is 11.9 Å². The van der Waals surface area contributed by atoms with E-state index in [1.807, 2.05) is 25.1 Å². The van der Waals surface area contributed by atoms with Gasteiger partial charge in [-0.05, 0) is 30.7 Å². The summed E-state index contributed by atoms with van der Waals surface area (Å²) in [5, 5.41) is 7.01. The molecular weight excluding hydrogens is 334 g/mol. The molecule has 0 unspecified atom stereocenters. The molecule has 2 amide bonds. The number of carbonyl (C=O) groups is 2. The van der Waals surface area contributed by atoms with Gasteiger partial charge >= 0.3 is 0 Å². The summed E-state index contributed by atoms with van der Waals surface area (Å²) in [6.45, 7) is 2.08. The second kappa shape index (κ2) is 6.47. The monoisotopic (exact) mass is 351 g/mol. The summed E-state index contributed by atoms with van der Waals surface area (Å²) in [7, 11) is 0. The van der Waals surface area contributed by atoms with Gasteiger partial charge < -0.3 is 10.1 Å². The van der Waals surface area contributed by atoms with E-state index in [0.717, 1.165) is 11.1 Å². The summed E-state index contributed by atoms with van der Waals surface area (Å²) in [6, 6.07) is 7.35. The number of ether oxygens (including phenoxy) is 1. The van der Waals surface area contributed by atoms with E-state index >= 15 is 0 Å². The molecule has 0 spiro atoms. The topological polar surface area (TPSA) is 88.8 Å². The number of aryl methyl sites for hydroxylation is 1. The lowest BCUT2D eigenvalue weighted by Gasteiger charge is -2.29. The van der Waals surface area contributed by atoms with Crippen LogP contribution < -0.4 is 15.0 Å². The highest BCUT2D eigenvalue weighted by Gasteiger charge is 2.27. The zero-order chi connectivity index (χ0) is 18.1. The van der Waals surface area contributed by atoms with Crippen molar-refractivity contribution in [3.8, 4) is 5.75 Å². The van der Waals surface area contributed by atoms with Gasteiger partial charge in [0, 0.05) is 24.5 Å². The Bertz CT molecular complexity index is 997. The molecule has 8 heteroatoms. The van der Waals surface area contributed by atoms with Gasteiger partial charge in [0.1, 0.15) is 12.3 Å². The van der Waals surface area contributed by atoms with Crippen LogP contribution >= 0.6 is 0 Å². The average Bonchev–Trinajstić information content (AvgIpc) is 3.06. The van der Waals surface area contributed by atoms with Gasteiger partial charge in [-0.25, -0.2) is 9.50 Å². The third-order valence-corrected chi connectivity index (χ3v) is 4.19. The molecule has 2 aromatic heterocycles. The number of nitrogens with zero attached hydrogens (tertiary/aromatic N) is 4. The molecule has 0 aliphatic carbocycles. The van der Waals surface area contributed by atoms with Crippen LogP contribution in [0.25, 0.3) is 5.65 Å². The third kappa shape index (κ3) is 2.97. The lowest BCUT2D eigenvalue weighted by molar-refractivity contribution is -0.125. The summed E-state index contributed by atoms with van der Waals surface area (Å²) in [4.78, 5) is 30.3. The van der Waals surface area contributed by atoms with Crippen molar-refractivity contribution in [1.29, 1.82) is 0 Å². The number of amides is 2. The van der Waals surface area contributed by atoms with E-state index in [4.69, 9.17) is 4.74 Å². The number of fused-ring (bicyclic) bond motifs is 2. The average molecular weight is 351 g/mol. The number of aromatic nitrogens is 3. The molecule has 0 saturated carbocycles. The van der Waals surface area contributed by atoms with Crippen molar-refractivity contribution in [3.05, 3.63) is 54.0 Å². The van der Waals surface area contributed by atoms with Crippen LogP contribution in [0.3, 0.4) is 0 Å². The smallest absolute Gasteiger partial charge is 0.265 e. The maximum Gasteiger partial charge on any atom is 0.265 e. The third-order valence-electron chi connectivity index (χ3n) is 4.19. The lowest BCUT2D eigenvalue weighted by Crippen LogP contribution is -2.45. The van der Waals surface area contributed by atoms with E-state index < -0.39 is 0 Å². The van der Waals surface area contributed by atoms with Crippen molar-refractivity contribution >= 4 is 23.1 Å². The number of hydrogen-bond donors (Lipinski definition) is 1. The van der Waals surface area contributed by atoms with Crippen LogP contribution in [0.15, 0.2) is 42.9 Å². The Morgan fingerprint density at radius 2 is 2.27 bits per heavy atom. The first-order valence-electron chi connectivity index (χ1n) is 8.19. The van der Waals surface area contributed by atoms with E-state index in [9.17, 15) is 9.59 Å². The number of benzene rings is 1. The summed E-state index contributed by atoms with van der Waals surface area (Å²) in [6.07, 6.45) is 5.13. The van der Waals surface area contributed by atoms with E-state index in [0.29, 0.717) is 23.6 Å². The van der Waals surface area contributed by atoms with E-state index in [-0.39, 0.29) is 25.0 Å². The van der Waals surface area contributed by atoms with E-state index in [1.54, 1.807) is 29.2 Å². The number of carbonyl (C=O) groups excluding carboxylic acids is 2. The molecule has 0 saturated heterocycles. The first kappa shape index (κ1) is 16.1. The Balaban J connectivity index is 1.47. The molecule has 0 atom stereocenters. The minimum absolute atomic E-state index is 0.0642. The summed E-state index contributed by atoms with van der Waals surface area (Å²) in [5.41, 5.74) is 3.11. The molecule has 1 N–H and O–H groups in total. The normalized spacial score (nSPS) is 13.4. The van der Waals surface area contributed by atoms with Crippen LogP contribution in [0.4, 0.5) is 5.69 Å². The molecule has 8 nitrogen and oxygen atoms in total. The van der Waals surface area contributed by atoms with Crippen LogP contribution in [-0.4, -0.2) is 39.6 Å².